The molecule has 0 bridgehead atoms. The molecular weight excluding hydrogens is 458 g/mol. The van der Waals surface area contributed by atoms with Gasteiger partial charge in [-0.1, -0.05) is 51.4 Å². The van der Waals surface area contributed by atoms with E-state index in [2.05, 4.69) is 10.6 Å². The summed E-state index contributed by atoms with van der Waals surface area (Å²) >= 11 is 6.09. The number of likely N-dealkylation sites (N-methyl/N-ethyl adjacent to an activating group) is 1. The van der Waals surface area contributed by atoms with Crippen molar-refractivity contribution in [1.29, 1.82) is 0 Å². The highest BCUT2D eigenvalue weighted by Crippen LogP contribution is 2.27. The van der Waals surface area contributed by atoms with Gasteiger partial charge in [0.15, 0.2) is 6.10 Å². The first kappa shape index (κ1) is 27.9. The topological polar surface area (TPSA) is 108 Å². The highest BCUT2D eigenvalue weighted by atomic mass is 35.5. The van der Waals surface area contributed by atoms with E-state index < -0.39 is 35.2 Å². The van der Waals surface area contributed by atoms with Crippen LogP contribution >= 0.6 is 11.6 Å². The van der Waals surface area contributed by atoms with Gasteiger partial charge in [-0.05, 0) is 37.0 Å². The van der Waals surface area contributed by atoms with E-state index in [1.165, 1.54) is 4.90 Å². The summed E-state index contributed by atoms with van der Waals surface area (Å²) in [5, 5.41) is 16.8. The molecule has 2 rings (SSSR count). The van der Waals surface area contributed by atoms with Gasteiger partial charge in [0.2, 0.25) is 0 Å². The van der Waals surface area contributed by atoms with Crippen molar-refractivity contribution in [3.63, 3.8) is 0 Å². The number of aliphatic hydroxyl groups is 1. The molecule has 1 aliphatic rings. The molecule has 8 nitrogen and oxygen atoms in total. The molecule has 0 radical (unpaired) electrons. The Morgan fingerprint density at radius 2 is 1.97 bits per heavy atom. The second kappa shape index (κ2) is 11.4. The number of benzene rings is 1. The lowest BCUT2D eigenvalue weighted by atomic mass is 9.85. The lowest BCUT2D eigenvalue weighted by molar-refractivity contribution is -0.144. The van der Waals surface area contributed by atoms with Crippen LogP contribution in [0.15, 0.2) is 24.3 Å². The van der Waals surface area contributed by atoms with E-state index in [1.54, 1.807) is 20.0 Å². The number of ether oxygens (including phenoxy) is 1. The van der Waals surface area contributed by atoms with Gasteiger partial charge in [-0.25, -0.2) is 4.79 Å². The second-order valence-corrected chi connectivity index (χ2v) is 10.8. The second-order valence-electron chi connectivity index (χ2n) is 10.4. The van der Waals surface area contributed by atoms with Gasteiger partial charge >= 0.3 is 6.09 Å². The minimum absolute atomic E-state index is 0.0936. The number of amides is 3. The smallest absolute Gasteiger partial charge is 0.407 e. The lowest BCUT2D eigenvalue weighted by Gasteiger charge is -2.28. The number of carbonyl (C=O) groups is 3. The standard InChI is InChI=1S/C25H38ClN3O5/c1-16(2)12-20(21(30)28-17(3)14-25(33)10-11-29(6)22(25)31)34-23(32)27-15-24(4,5)18-8-7-9-19(26)13-18/h7-9,13,16-17,20,33H,10-12,14-15H2,1-6H3,(H,27,32)(H,28,30)/t17-,20-,25-/m0/s1. The number of likely N-dealkylation sites (tertiary alicyclic amines) is 1. The molecule has 1 aromatic rings. The summed E-state index contributed by atoms with van der Waals surface area (Å²) in [5.74, 6) is -0.686. The molecule has 3 atom stereocenters. The number of nitrogens with zero attached hydrogens (tertiary/aromatic N) is 1. The van der Waals surface area contributed by atoms with Gasteiger partial charge in [-0.3, -0.25) is 9.59 Å². The number of hydrogen-bond acceptors (Lipinski definition) is 5. The van der Waals surface area contributed by atoms with E-state index in [-0.39, 0.29) is 18.2 Å². The molecule has 1 aliphatic heterocycles. The van der Waals surface area contributed by atoms with Gasteiger partial charge in [-0.2, -0.15) is 0 Å². The first-order valence-electron chi connectivity index (χ1n) is 11.7. The summed E-state index contributed by atoms with van der Waals surface area (Å²) in [6, 6.07) is 6.96. The van der Waals surface area contributed by atoms with Gasteiger partial charge in [0.25, 0.3) is 11.8 Å². The molecule has 0 spiro atoms. The average molecular weight is 496 g/mol. The quantitative estimate of drug-likeness (QED) is 0.461. The minimum Gasteiger partial charge on any atom is -0.436 e. The monoisotopic (exact) mass is 495 g/mol. The van der Waals surface area contributed by atoms with Crippen LogP contribution in [-0.2, 0) is 19.7 Å². The van der Waals surface area contributed by atoms with Gasteiger partial charge in [0.1, 0.15) is 5.60 Å². The molecule has 3 N–H and O–H groups in total. The molecule has 0 aromatic heterocycles. The molecule has 0 saturated carbocycles. The Morgan fingerprint density at radius 3 is 2.53 bits per heavy atom. The van der Waals surface area contributed by atoms with Crippen molar-refractivity contribution in [2.45, 2.75) is 77.0 Å². The van der Waals surface area contributed by atoms with Crippen LogP contribution in [0.5, 0.6) is 0 Å². The van der Waals surface area contributed by atoms with Gasteiger partial charge in [-0.15, -0.1) is 0 Å². The van der Waals surface area contributed by atoms with Gasteiger partial charge in [0.05, 0.1) is 0 Å². The Morgan fingerprint density at radius 1 is 1.29 bits per heavy atom. The SMILES string of the molecule is CC(C)C[C@H](OC(=O)NCC(C)(C)c1cccc(Cl)c1)C(=O)N[C@@H](C)C[C@@]1(O)CCN(C)C1=O. The van der Waals surface area contributed by atoms with E-state index in [9.17, 15) is 19.5 Å². The largest absolute Gasteiger partial charge is 0.436 e. The van der Waals surface area contributed by atoms with E-state index in [4.69, 9.17) is 16.3 Å². The van der Waals surface area contributed by atoms with Crippen molar-refractivity contribution in [1.82, 2.24) is 15.5 Å². The first-order valence-corrected chi connectivity index (χ1v) is 12.1. The van der Waals surface area contributed by atoms with E-state index in [0.717, 1.165) is 5.56 Å². The van der Waals surface area contributed by atoms with Gasteiger partial charge < -0.3 is 25.4 Å². The molecule has 9 heteroatoms. The fourth-order valence-corrected chi connectivity index (χ4v) is 4.30. The number of nitrogens with one attached hydrogen (secondary N) is 2. The normalized spacial score (nSPS) is 20.3. The molecule has 0 aliphatic carbocycles. The van der Waals surface area contributed by atoms with Crippen molar-refractivity contribution < 1.29 is 24.2 Å². The zero-order chi connectivity index (χ0) is 25.7. The van der Waals surface area contributed by atoms with Crippen LogP contribution in [0.25, 0.3) is 0 Å². The van der Waals surface area contributed by atoms with Gasteiger partial charge in [0, 0.05) is 49.5 Å². The maximum absolute atomic E-state index is 12.9. The number of halogens is 1. The highest BCUT2D eigenvalue weighted by molar-refractivity contribution is 6.30. The Hall–Kier alpha value is -2.32. The maximum atomic E-state index is 12.9. The van der Waals surface area contributed by atoms with Crippen molar-refractivity contribution in [2.24, 2.45) is 5.92 Å². The third-order valence-electron chi connectivity index (χ3n) is 6.15. The van der Waals surface area contributed by atoms with Crippen LogP contribution in [-0.4, -0.2) is 65.8 Å². The van der Waals surface area contributed by atoms with E-state index in [0.29, 0.717) is 31.0 Å². The third-order valence-corrected chi connectivity index (χ3v) is 6.38. The number of hydrogen-bond donors (Lipinski definition) is 3. The molecule has 1 fully saturated rings. The fourth-order valence-electron chi connectivity index (χ4n) is 4.11. The van der Waals surface area contributed by atoms with Crippen molar-refractivity contribution >= 4 is 29.5 Å². The molecule has 0 unspecified atom stereocenters. The summed E-state index contributed by atoms with van der Waals surface area (Å²) < 4.78 is 5.49. The maximum Gasteiger partial charge on any atom is 0.407 e. The van der Waals surface area contributed by atoms with Crippen LogP contribution < -0.4 is 10.6 Å². The molecule has 1 aromatic carbocycles. The highest BCUT2D eigenvalue weighted by Gasteiger charge is 2.44. The third kappa shape index (κ3) is 7.60. The molecule has 1 saturated heterocycles. The van der Waals surface area contributed by atoms with Crippen LogP contribution in [0.4, 0.5) is 4.79 Å². The zero-order valence-electron chi connectivity index (χ0n) is 21.0. The summed E-state index contributed by atoms with van der Waals surface area (Å²) in [4.78, 5) is 39.2. The van der Waals surface area contributed by atoms with Crippen LogP contribution in [0, 0.1) is 5.92 Å². The Labute approximate surface area is 207 Å². The number of carbonyl (C=O) groups excluding carboxylic acids is 3. The summed E-state index contributed by atoms with van der Waals surface area (Å²) in [6.07, 6.45) is -0.923. The first-order chi connectivity index (χ1) is 15.7. The minimum atomic E-state index is -1.49. The van der Waals surface area contributed by atoms with Crippen molar-refractivity contribution in [2.75, 3.05) is 20.1 Å². The average Bonchev–Trinajstić information content (AvgIpc) is 2.98. The Balaban J connectivity index is 1.95. The number of alkyl carbamates (subject to hydrolysis) is 1. The molecule has 1 heterocycles. The summed E-state index contributed by atoms with van der Waals surface area (Å²) in [5.41, 5.74) is -0.917. The van der Waals surface area contributed by atoms with E-state index in [1.807, 2.05) is 45.9 Å². The van der Waals surface area contributed by atoms with Crippen LogP contribution in [0.3, 0.4) is 0 Å². The lowest BCUT2D eigenvalue weighted by Crippen LogP contribution is -2.49. The summed E-state index contributed by atoms with van der Waals surface area (Å²) in [6.45, 7) is 10.3. The van der Waals surface area contributed by atoms with E-state index >= 15 is 0 Å². The zero-order valence-corrected chi connectivity index (χ0v) is 21.7. The van der Waals surface area contributed by atoms with Crippen molar-refractivity contribution in [3.05, 3.63) is 34.9 Å². The Bertz CT molecular complexity index is 891. The molecule has 34 heavy (non-hydrogen) atoms. The molecule has 3 amide bonds. The van der Waals surface area contributed by atoms with Crippen molar-refractivity contribution in [3.8, 4) is 0 Å². The van der Waals surface area contributed by atoms with Crippen LogP contribution in [0.1, 0.15) is 59.4 Å². The predicted molar refractivity (Wildman–Crippen MR) is 132 cm³/mol. The molecular formula is C25H38ClN3O5. The number of rotatable bonds is 10. The molecule has 190 valence electrons. The predicted octanol–water partition coefficient (Wildman–Crippen LogP) is 3.25. The van der Waals surface area contributed by atoms with Crippen LogP contribution in [0.2, 0.25) is 5.02 Å². The fraction of sp³-hybridized carbons (Fsp3) is 0.640. The summed E-state index contributed by atoms with van der Waals surface area (Å²) in [7, 11) is 1.64. The Kier molecular flexibility index (Phi) is 9.37.